The lowest BCUT2D eigenvalue weighted by Gasteiger charge is -2.16. The average molecular weight is 369 g/mol. The number of carbonyl (C=O) groups is 1. The van der Waals surface area contributed by atoms with Crippen molar-refractivity contribution >= 4 is 5.91 Å². The van der Waals surface area contributed by atoms with Gasteiger partial charge in [-0.05, 0) is 42.0 Å². The Labute approximate surface area is 156 Å². The Bertz CT molecular complexity index is 908. The highest BCUT2D eigenvalue weighted by atomic mass is 19.1. The minimum Gasteiger partial charge on any atom is -0.494 e. The maximum Gasteiger partial charge on any atom is 0.289 e. The number of benzene rings is 2. The summed E-state index contributed by atoms with van der Waals surface area (Å²) in [5.74, 6) is 0.887. The summed E-state index contributed by atoms with van der Waals surface area (Å²) in [6, 6.07) is 17.3. The molecule has 27 heavy (non-hydrogen) atoms. The van der Waals surface area contributed by atoms with Crippen molar-refractivity contribution < 1.29 is 23.1 Å². The smallest absolute Gasteiger partial charge is 0.289 e. The lowest BCUT2D eigenvalue weighted by Crippen LogP contribution is -2.25. The summed E-state index contributed by atoms with van der Waals surface area (Å²) in [6.07, 6.45) is 0. The first-order valence-electron chi connectivity index (χ1n) is 8.41. The van der Waals surface area contributed by atoms with Crippen LogP contribution in [0.4, 0.5) is 4.39 Å². The molecule has 0 saturated carbocycles. The van der Waals surface area contributed by atoms with Crippen molar-refractivity contribution in [2.24, 2.45) is 0 Å². The second kappa shape index (κ2) is 8.40. The van der Waals surface area contributed by atoms with Gasteiger partial charge in [-0.1, -0.05) is 24.3 Å². The summed E-state index contributed by atoms with van der Waals surface area (Å²) in [7, 11) is 3.04. The molecule has 6 heteroatoms. The van der Waals surface area contributed by atoms with E-state index >= 15 is 0 Å². The van der Waals surface area contributed by atoms with Crippen LogP contribution in [-0.4, -0.2) is 25.0 Å². The van der Waals surface area contributed by atoms with E-state index in [4.69, 9.17) is 13.9 Å². The minimum atomic E-state index is -0.464. The van der Waals surface area contributed by atoms with Crippen molar-refractivity contribution in [3.63, 3.8) is 0 Å². The van der Waals surface area contributed by atoms with Gasteiger partial charge in [0.25, 0.3) is 5.91 Å². The maximum absolute atomic E-state index is 13.8. The molecule has 3 aromatic rings. The number of amides is 1. The monoisotopic (exact) mass is 369 g/mol. The molecule has 140 valence electrons. The van der Waals surface area contributed by atoms with Crippen molar-refractivity contribution in [2.75, 3.05) is 14.2 Å². The topological polar surface area (TPSA) is 51.9 Å². The molecular formula is C21H20FNO4. The molecule has 0 atom stereocenters. The van der Waals surface area contributed by atoms with Gasteiger partial charge in [0.15, 0.2) is 17.3 Å². The quantitative estimate of drug-likeness (QED) is 0.624. The maximum atomic E-state index is 13.8. The van der Waals surface area contributed by atoms with Crippen LogP contribution in [-0.2, 0) is 13.2 Å². The zero-order valence-electron chi connectivity index (χ0n) is 15.1. The fourth-order valence-electron chi connectivity index (χ4n) is 2.58. The van der Waals surface area contributed by atoms with Crippen LogP contribution < -0.4 is 9.47 Å². The third kappa shape index (κ3) is 4.67. The fraction of sp³-hybridized carbons (Fsp3) is 0.190. The van der Waals surface area contributed by atoms with E-state index < -0.39 is 5.82 Å². The molecule has 0 spiro atoms. The molecular weight excluding hydrogens is 349 g/mol. The fourth-order valence-corrected chi connectivity index (χ4v) is 2.58. The summed E-state index contributed by atoms with van der Waals surface area (Å²) in [6.45, 7) is 0.473. The first-order valence-corrected chi connectivity index (χ1v) is 8.41. The molecule has 0 N–H and O–H groups in total. The van der Waals surface area contributed by atoms with Crippen LogP contribution in [0.1, 0.15) is 21.9 Å². The van der Waals surface area contributed by atoms with E-state index in [0.717, 1.165) is 5.75 Å². The molecule has 0 aliphatic heterocycles. The Kier molecular flexibility index (Phi) is 5.76. The third-order valence-electron chi connectivity index (χ3n) is 3.98. The standard InChI is InChI=1S/C21H20FNO4/c1-23(13-15-8-10-19(25-2)18(22)12-15)21(24)20-11-9-17(27-20)14-26-16-6-4-3-5-7-16/h3-12H,13-14H2,1-2H3. The molecule has 0 radical (unpaired) electrons. The molecule has 1 heterocycles. The van der Waals surface area contributed by atoms with Crippen molar-refractivity contribution in [1.82, 2.24) is 4.90 Å². The number of hydrogen-bond acceptors (Lipinski definition) is 4. The van der Waals surface area contributed by atoms with Crippen molar-refractivity contribution in [2.45, 2.75) is 13.2 Å². The second-order valence-corrected chi connectivity index (χ2v) is 6.00. The summed E-state index contributed by atoms with van der Waals surface area (Å²) in [4.78, 5) is 14.0. The van der Waals surface area contributed by atoms with Gasteiger partial charge in [-0.3, -0.25) is 4.79 Å². The predicted octanol–water partition coefficient (Wildman–Crippen LogP) is 4.28. The third-order valence-corrected chi connectivity index (χ3v) is 3.98. The Morgan fingerprint density at radius 2 is 1.89 bits per heavy atom. The van der Waals surface area contributed by atoms with Crippen molar-refractivity contribution in [3.05, 3.63) is 83.6 Å². The van der Waals surface area contributed by atoms with Gasteiger partial charge in [-0.15, -0.1) is 0 Å². The van der Waals surface area contributed by atoms with Gasteiger partial charge in [-0.2, -0.15) is 0 Å². The van der Waals surface area contributed by atoms with E-state index in [1.165, 1.54) is 24.1 Å². The number of hydrogen-bond donors (Lipinski definition) is 0. The highest BCUT2D eigenvalue weighted by Gasteiger charge is 2.17. The Balaban J connectivity index is 1.60. The van der Waals surface area contributed by atoms with Crippen molar-refractivity contribution in [3.8, 4) is 11.5 Å². The van der Waals surface area contributed by atoms with Gasteiger partial charge in [-0.25, -0.2) is 4.39 Å². The second-order valence-electron chi connectivity index (χ2n) is 6.00. The zero-order chi connectivity index (χ0) is 19.2. The molecule has 0 saturated heterocycles. The van der Waals surface area contributed by atoms with Gasteiger partial charge in [0, 0.05) is 13.6 Å². The Hall–Kier alpha value is -3.28. The van der Waals surface area contributed by atoms with E-state index in [1.54, 1.807) is 25.2 Å². The van der Waals surface area contributed by atoms with E-state index in [0.29, 0.717) is 11.3 Å². The SMILES string of the molecule is COc1ccc(CN(C)C(=O)c2ccc(COc3ccccc3)o2)cc1F. The summed E-state index contributed by atoms with van der Waals surface area (Å²) >= 11 is 0. The van der Waals surface area contributed by atoms with Crippen LogP contribution in [0.15, 0.2) is 65.1 Å². The van der Waals surface area contributed by atoms with Crippen LogP contribution >= 0.6 is 0 Å². The van der Waals surface area contributed by atoms with E-state index in [2.05, 4.69) is 0 Å². The predicted molar refractivity (Wildman–Crippen MR) is 98.2 cm³/mol. The van der Waals surface area contributed by atoms with Crippen molar-refractivity contribution in [1.29, 1.82) is 0 Å². The summed E-state index contributed by atoms with van der Waals surface area (Å²) in [5.41, 5.74) is 0.656. The lowest BCUT2D eigenvalue weighted by atomic mass is 10.2. The number of carbonyl (C=O) groups excluding carboxylic acids is 1. The number of halogens is 1. The van der Waals surface area contributed by atoms with Gasteiger partial charge >= 0.3 is 0 Å². The van der Waals surface area contributed by atoms with Crippen LogP contribution in [0.5, 0.6) is 11.5 Å². The average Bonchev–Trinajstić information content (AvgIpc) is 3.16. The largest absolute Gasteiger partial charge is 0.494 e. The van der Waals surface area contributed by atoms with Gasteiger partial charge in [0.05, 0.1) is 7.11 Å². The van der Waals surface area contributed by atoms with Crippen LogP contribution in [0.3, 0.4) is 0 Å². The number of para-hydroxylation sites is 1. The number of rotatable bonds is 7. The molecule has 1 amide bonds. The molecule has 0 unspecified atom stereocenters. The normalized spacial score (nSPS) is 10.5. The number of nitrogens with zero attached hydrogens (tertiary/aromatic N) is 1. The van der Waals surface area contributed by atoms with E-state index in [1.807, 2.05) is 30.3 Å². The first-order chi connectivity index (χ1) is 13.1. The molecule has 0 aliphatic carbocycles. The van der Waals surface area contributed by atoms with Gasteiger partial charge in [0.1, 0.15) is 18.1 Å². The molecule has 5 nitrogen and oxygen atoms in total. The molecule has 1 aromatic heterocycles. The minimum absolute atomic E-state index is 0.168. The highest BCUT2D eigenvalue weighted by molar-refractivity contribution is 5.91. The number of furan rings is 1. The first kappa shape index (κ1) is 18.5. The molecule has 3 rings (SSSR count). The summed E-state index contributed by atoms with van der Waals surface area (Å²) < 4.78 is 29.9. The molecule has 0 fully saturated rings. The van der Waals surface area contributed by atoms with Gasteiger partial charge in [0.2, 0.25) is 0 Å². The number of methoxy groups -OCH3 is 1. The van der Waals surface area contributed by atoms with E-state index in [9.17, 15) is 9.18 Å². The number of ether oxygens (including phenoxy) is 2. The highest BCUT2D eigenvalue weighted by Crippen LogP contribution is 2.20. The Morgan fingerprint density at radius 3 is 2.59 bits per heavy atom. The molecule has 2 aromatic carbocycles. The van der Waals surface area contributed by atoms with Crippen LogP contribution in [0.25, 0.3) is 0 Å². The van der Waals surface area contributed by atoms with Gasteiger partial charge < -0.3 is 18.8 Å². The lowest BCUT2D eigenvalue weighted by molar-refractivity contribution is 0.0749. The van der Waals surface area contributed by atoms with Crippen LogP contribution in [0.2, 0.25) is 0 Å². The van der Waals surface area contributed by atoms with Crippen LogP contribution in [0, 0.1) is 5.82 Å². The molecule has 0 bridgehead atoms. The molecule has 0 aliphatic rings. The summed E-state index contributed by atoms with van der Waals surface area (Å²) in [5, 5.41) is 0. The zero-order valence-corrected chi connectivity index (χ0v) is 15.1. The Morgan fingerprint density at radius 1 is 1.11 bits per heavy atom. The van der Waals surface area contributed by atoms with E-state index in [-0.39, 0.29) is 30.6 Å².